The van der Waals surface area contributed by atoms with Crippen molar-refractivity contribution in [2.24, 2.45) is 5.92 Å². The van der Waals surface area contributed by atoms with Crippen LogP contribution in [0.4, 0.5) is 4.39 Å². The van der Waals surface area contributed by atoms with E-state index in [1.54, 1.807) is 4.90 Å². The van der Waals surface area contributed by atoms with Crippen LogP contribution in [0.3, 0.4) is 0 Å². The van der Waals surface area contributed by atoms with Crippen LogP contribution in [-0.4, -0.2) is 49.7 Å². The third-order valence-corrected chi connectivity index (χ3v) is 7.72. The van der Waals surface area contributed by atoms with Crippen molar-refractivity contribution in [1.29, 1.82) is 0 Å². The van der Waals surface area contributed by atoms with Gasteiger partial charge in [0, 0.05) is 44.9 Å². The number of carbonyl (C=O) groups is 1. The molecule has 2 aliphatic rings. The zero-order valence-electron chi connectivity index (χ0n) is 16.4. The molecule has 2 heterocycles. The van der Waals surface area contributed by atoms with E-state index < -0.39 is 15.8 Å². The molecular formula is C21H25FN2O4S. The number of amides is 1. The van der Waals surface area contributed by atoms with Crippen LogP contribution in [-0.2, 0) is 21.2 Å². The smallest absolute Gasteiger partial charge is 0.246 e. The summed E-state index contributed by atoms with van der Waals surface area (Å²) in [6.45, 7) is 3.12. The van der Waals surface area contributed by atoms with Gasteiger partial charge in [0.05, 0.1) is 0 Å². The minimum atomic E-state index is -3.90. The molecule has 6 nitrogen and oxygen atoms in total. The molecule has 1 aliphatic carbocycles. The SMILES string of the molecule is C[C@H]1C[C@@H]1c1ccc(CCC(=O)N2CCN(S(=O)(=O)c3ccccc3F)CC2)o1. The molecule has 0 unspecified atom stereocenters. The third kappa shape index (κ3) is 4.23. The lowest BCUT2D eigenvalue weighted by molar-refractivity contribution is -0.132. The molecule has 1 aromatic carbocycles. The first kappa shape index (κ1) is 20.1. The van der Waals surface area contributed by atoms with Gasteiger partial charge in [-0.05, 0) is 36.6 Å². The second-order valence-corrected chi connectivity index (χ2v) is 9.75. The highest BCUT2D eigenvalue weighted by atomic mass is 32.2. The maximum absolute atomic E-state index is 13.9. The second-order valence-electron chi connectivity index (χ2n) is 7.84. The first-order valence-corrected chi connectivity index (χ1v) is 11.4. The van der Waals surface area contributed by atoms with Gasteiger partial charge >= 0.3 is 0 Å². The molecule has 29 heavy (non-hydrogen) atoms. The van der Waals surface area contributed by atoms with E-state index in [9.17, 15) is 17.6 Å². The van der Waals surface area contributed by atoms with Crippen molar-refractivity contribution in [2.75, 3.05) is 26.2 Å². The summed E-state index contributed by atoms with van der Waals surface area (Å²) in [5.41, 5.74) is 0. The topological polar surface area (TPSA) is 70.8 Å². The van der Waals surface area contributed by atoms with E-state index in [2.05, 4.69) is 6.92 Å². The van der Waals surface area contributed by atoms with Gasteiger partial charge < -0.3 is 9.32 Å². The predicted molar refractivity (Wildman–Crippen MR) is 105 cm³/mol. The van der Waals surface area contributed by atoms with Crippen molar-refractivity contribution in [2.45, 2.75) is 37.0 Å². The number of hydrogen-bond acceptors (Lipinski definition) is 4. The number of rotatable bonds is 6. The van der Waals surface area contributed by atoms with Crippen LogP contribution in [0.2, 0.25) is 0 Å². The van der Waals surface area contributed by atoms with Gasteiger partial charge in [0.1, 0.15) is 22.2 Å². The summed E-state index contributed by atoms with van der Waals surface area (Å²) in [7, 11) is -3.90. The van der Waals surface area contributed by atoms with E-state index in [1.807, 2.05) is 12.1 Å². The number of nitrogens with zero attached hydrogens (tertiary/aromatic N) is 2. The summed E-state index contributed by atoms with van der Waals surface area (Å²) < 4.78 is 46.3. The minimum absolute atomic E-state index is 0.0225. The minimum Gasteiger partial charge on any atom is -0.466 e. The zero-order chi connectivity index (χ0) is 20.6. The van der Waals surface area contributed by atoms with Crippen molar-refractivity contribution in [1.82, 2.24) is 9.21 Å². The number of piperazine rings is 1. The van der Waals surface area contributed by atoms with Crippen LogP contribution in [0.5, 0.6) is 0 Å². The standard InChI is InChI=1S/C21H25FN2O4S/c1-15-14-17(15)19-8-6-16(28-19)7-9-21(25)23-10-12-24(13-11-23)29(26,27)20-5-3-2-4-18(20)22/h2-6,8,15,17H,7,9-14H2,1H3/t15-,17-/m0/s1. The molecule has 0 N–H and O–H groups in total. The number of benzene rings is 1. The fourth-order valence-electron chi connectivity index (χ4n) is 3.81. The first-order chi connectivity index (χ1) is 13.9. The van der Waals surface area contributed by atoms with Crippen LogP contribution in [0.1, 0.15) is 37.2 Å². The van der Waals surface area contributed by atoms with Gasteiger partial charge in [-0.15, -0.1) is 0 Å². The van der Waals surface area contributed by atoms with Gasteiger partial charge in [-0.1, -0.05) is 19.1 Å². The van der Waals surface area contributed by atoms with Gasteiger partial charge in [-0.2, -0.15) is 4.31 Å². The second kappa shape index (κ2) is 7.91. The Hall–Kier alpha value is -2.19. The average Bonchev–Trinajstić information content (AvgIpc) is 3.25. The zero-order valence-corrected chi connectivity index (χ0v) is 17.2. The maximum atomic E-state index is 13.9. The van der Waals surface area contributed by atoms with Crippen LogP contribution in [0.25, 0.3) is 0 Å². The van der Waals surface area contributed by atoms with Crippen LogP contribution < -0.4 is 0 Å². The van der Waals surface area contributed by atoms with Crippen molar-refractivity contribution in [3.8, 4) is 0 Å². The van der Waals surface area contributed by atoms with Gasteiger partial charge in [0.25, 0.3) is 0 Å². The fourth-order valence-corrected chi connectivity index (χ4v) is 5.29. The number of carbonyl (C=O) groups excluding carboxylic acids is 1. The maximum Gasteiger partial charge on any atom is 0.246 e. The highest BCUT2D eigenvalue weighted by Crippen LogP contribution is 2.47. The lowest BCUT2D eigenvalue weighted by Crippen LogP contribution is -2.50. The van der Waals surface area contributed by atoms with Crippen LogP contribution in [0.15, 0.2) is 45.7 Å². The van der Waals surface area contributed by atoms with E-state index in [0.717, 1.165) is 24.0 Å². The predicted octanol–water partition coefficient (Wildman–Crippen LogP) is 3.01. The molecule has 2 aromatic rings. The molecule has 1 aliphatic heterocycles. The Labute approximate surface area is 170 Å². The van der Waals surface area contributed by atoms with Crippen LogP contribution >= 0.6 is 0 Å². The monoisotopic (exact) mass is 420 g/mol. The summed E-state index contributed by atoms with van der Waals surface area (Å²) in [4.78, 5) is 13.9. The normalized spacial score (nSPS) is 22.6. The van der Waals surface area contributed by atoms with Gasteiger partial charge in [0.15, 0.2) is 0 Å². The highest BCUT2D eigenvalue weighted by molar-refractivity contribution is 7.89. The Morgan fingerprint density at radius 1 is 1.14 bits per heavy atom. The summed E-state index contributed by atoms with van der Waals surface area (Å²) in [5, 5.41) is 0. The average molecular weight is 421 g/mol. The fraction of sp³-hybridized carbons (Fsp3) is 0.476. The van der Waals surface area contributed by atoms with Crippen molar-refractivity contribution >= 4 is 15.9 Å². The van der Waals surface area contributed by atoms with E-state index in [1.165, 1.54) is 22.5 Å². The molecule has 0 spiro atoms. The van der Waals surface area contributed by atoms with Crippen molar-refractivity contribution < 1.29 is 22.0 Å². The number of halogens is 1. The molecule has 0 radical (unpaired) electrons. The summed E-state index contributed by atoms with van der Waals surface area (Å²) in [6, 6.07) is 9.30. The molecule has 0 bridgehead atoms. The number of aryl methyl sites for hydroxylation is 1. The van der Waals surface area contributed by atoms with Crippen LogP contribution in [0, 0.1) is 11.7 Å². The van der Waals surface area contributed by atoms with Gasteiger partial charge in [0.2, 0.25) is 15.9 Å². The Kier molecular flexibility index (Phi) is 5.48. The molecule has 1 aromatic heterocycles. The molecular weight excluding hydrogens is 395 g/mol. The van der Waals surface area contributed by atoms with Gasteiger partial charge in [-0.3, -0.25) is 4.79 Å². The molecule has 1 saturated heterocycles. The van der Waals surface area contributed by atoms with Gasteiger partial charge in [-0.25, -0.2) is 12.8 Å². The molecule has 2 atom stereocenters. The quantitative estimate of drug-likeness (QED) is 0.720. The Morgan fingerprint density at radius 2 is 1.83 bits per heavy atom. The van der Waals surface area contributed by atoms with E-state index in [-0.39, 0.29) is 23.9 Å². The molecule has 1 amide bonds. The molecule has 2 fully saturated rings. The largest absolute Gasteiger partial charge is 0.466 e. The van der Waals surface area contributed by atoms with E-state index >= 15 is 0 Å². The summed E-state index contributed by atoms with van der Waals surface area (Å²) in [6.07, 6.45) is 2.02. The lowest BCUT2D eigenvalue weighted by atomic mass is 10.2. The first-order valence-electron chi connectivity index (χ1n) is 9.97. The number of furan rings is 1. The summed E-state index contributed by atoms with van der Waals surface area (Å²) >= 11 is 0. The molecule has 156 valence electrons. The molecule has 1 saturated carbocycles. The Bertz CT molecular complexity index is 996. The number of sulfonamides is 1. The highest BCUT2D eigenvalue weighted by Gasteiger charge is 2.36. The van der Waals surface area contributed by atoms with Crippen molar-refractivity contribution in [3.63, 3.8) is 0 Å². The van der Waals surface area contributed by atoms with E-state index in [4.69, 9.17) is 4.42 Å². The Balaban J connectivity index is 1.29. The summed E-state index contributed by atoms with van der Waals surface area (Å²) in [5.74, 6) is 2.23. The van der Waals surface area contributed by atoms with E-state index in [0.29, 0.717) is 37.8 Å². The molecule has 8 heteroatoms. The van der Waals surface area contributed by atoms with Crippen molar-refractivity contribution in [3.05, 3.63) is 53.7 Å². The number of hydrogen-bond donors (Lipinski definition) is 0. The Morgan fingerprint density at radius 3 is 2.48 bits per heavy atom. The third-order valence-electron chi connectivity index (χ3n) is 5.79. The lowest BCUT2D eigenvalue weighted by Gasteiger charge is -2.34. The molecule has 4 rings (SSSR count).